The van der Waals surface area contributed by atoms with E-state index in [9.17, 15) is 21.6 Å². The summed E-state index contributed by atoms with van der Waals surface area (Å²) in [7, 11) is -4.35. The van der Waals surface area contributed by atoms with Crippen LogP contribution in [0, 0.1) is 6.92 Å². The number of rotatable bonds is 6. The van der Waals surface area contributed by atoms with Gasteiger partial charge in [-0.2, -0.15) is 4.31 Å². The summed E-state index contributed by atoms with van der Waals surface area (Å²) in [4.78, 5) is 13.0. The van der Waals surface area contributed by atoms with Gasteiger partial charge in [-0.3, -0.25) is 4.79 Å². The van der Waals surface area contributed by atoms with Crippen molar-refractivity contribution < 1.29 is 21.6 Å². The van der Waals surface area contributed by atoms with E-state index in [0.29, 0.717) is 24.3 Å². The molecule has 0 atom stereocenters. The highest BCUT2D eigenvalue weighted by Crippen LogP contribution is 2.25. The Kier molecular flexibility index (Phi) is 6.85. The number of nitrogens with zero attached hydrogens (tertiary/aromatic N) is 2. The molecular weight excluding hydrogens is 438 g/mol. The number of aryl methyl sites for hydroxylation is 1. The highest BCUT2D eigenvalue weighted by atomic mass is 32.2. The molecule has 0 spiro atoms. The van der Waals surface area contributed by atoms with E-state index < -0.39 is 26.0 Å². The normalized spacial score (nSPS) is 15.7. The molecule has 31 heavy (non-hydrogen) atoms. The maximum absolute atomic E-state index is 13.1. The monoisotopic (exact) mass is 465 g/mol. The summed E-state index contributed by atoms with van der Waals surface area (Å²) in [5.41, 5.74) is 1.20. The van der Waals surface area contributed by atoms with Crippen molar-refractivity contribution in [1.82, 2.24) is 8.61 Å². The highest BCUT2D eigenvalue weighted by Gasteiger charge is 2.28. The van der Waals surface area contributed by atoms with Crippen LogP contribution in [0.15, 0.2) is 52.3 Å². The quantitative estimate of drug-likeness (QED) is 0.706. The third-order valence-corrected chi connectivity index (χ3v) is 9.14. The molecule has 1 aliphatic heterocycles. The summed E-state index contributed by atoms with van der Waals surface area (Å²) in [5, 5.41) is 2.69. The number of benzene rings is 2. The Morgan fingerprint density at radius 3 is 2.13 bits per heavy atom. The van der Waals surface area contributed by atoms with Crippen LogP contribution in [-0.4, -0.2) is 58.5 Å². The second-order valence-electron chi connectivity index (χ2n) is 7.71. The zero-order chi connectivity index (χ0) is 22.8. The third kappa shape index (κ3) is 4.98. The minimum absolute atomic E-state index is 0.112. The number of carbonyl (C=O) groups excluding carboxylic acids is 1. The number of piperidine rings is 1. The molecule has 1 saturated heterocycles. The number of sulfonamides is 2. The van der Waals surface area contributed by atoms with E-state index in [2.05, 4.69) is 5.32 Å². The van der Waals surface area contributed by atoms with Gasteiger partial charge >= 0.3 is 0 Å². The van der Waals surface area contributed by atoms with E-state index in [4.69, 9.17) is 0 Å². The van der Waals surface area contributed by atoms with Gasteiger partial charge in [0.1, 0.15) is 0 Å². The predicted molar refractivity (Wildman–Crippen MR) is 119 cm³/mol. The van der Waals surface area contributed by atoms with Gasteiger partial charge in [-0.15, -0.1) is 0 Å². The average molecular weight is 466 g/mol. The topological polar surface area (TPSA) is 104 Å². The molecule has 0 saturated carbocycles. The van der Waals surface area contributed by atoms with Crippen molar-refractivity contribution in [2.75, 3.05) is 32.5 Å². The maximum Gasteiger partial charge on any atom is 0.255 e. The Balaban J connectivity index is 1.82. The molecule has 1 heterocycles. The molecule has 3 rings (SSSR count). The number of carbonyl (C=O) groups is 1. The van der Waals surface area contributed by atoms with Crippen molar-refractivity contribution in [3.05, 3.63) is 53.6 Å². The SMILES string of the molecule is Cc1ccc(C(=O)Nc2ccc(S(=O)(=O)N(C)C)cc2)cc1S(=O)(=O)N1CCCCC1. The number of hydrogen-bond donors (Lipinski definition) is 1. The van der Waals surface area contributed by atoms with Gasteiger partial charge in [-0.25, -0.2) is 21.1 Å². The molecular formula is C21H27N3O5S2. The molecule has 0 unspecified atom stereocenters. The molecule has 0 aliphatic carbocycles. The summed E-state index contributed by atoms with van der Waals surface area (Å²) in [5.74, 6) is -0.474. The summed E-state index contributed by atoms with van der Waals surface area (Å²) in [6.45, 7) is 2.68. The molecule has 8 nitrogen and oxygen atoms in total. The minimum atomic E-state index is -3.67. The fourth-order valence-electron chi connectivity index (χ4n) is 3.39. The lowest BCUT2D eigenvalue weighted by Gasteiger charge is -2.26. The van der Waals surface area contributed by atoms with Gasteiger partial charge in [0.05, 0.1) is 9.79 Å². The van der Waals surface area contributed by atoms with E-state index in [0.717, 1.165) is 23.6 Å². The second kappa shape index (κ2) is 9.07. The lowest BCUT2D eigenvalue weighted by atomic mass is 10.1. The molecule has 2 aromatic rings. The molecule has 2 aromatic carbocycles. The smallest absolute Gasteiger partial charge is 0.255 e. The van der Waals surface area contributed by atoms with Crippen molar-refractivity contribution in [2.24, 2.45) is 0 Å². The van der Waals surface area contributed by atoms with Crippen LogP contribution in [0.3, 0.4) is 0 Å². The van der Waals surface area contributed by atoms with Crippen molar-refractivity contribution in [2.45, 2.75) is 36.0 Å². The molecule has 10 heteroatoms. The Labute approximate surface area is 184 Å². The van der Waals surface area contributed by atoms with Crippen molar-refractivity contribution in [3.63, 3.8) is 0 Å². The summed E-state index contributed by atoms with van der Waals surface area (Å²) in [6.07, 6.45) is 2.68. The molecule has 168 valence electrons. The van der Waals surface area contributed by atoms with E-state index in [1.165, 1.54) is 48.7 Å². The Hall–Kier alpha value is -2.27. The van der Waals surface area contributed by atoms with Gasteiger partial charge in [0, 0.05) is 38.4 Å². The fraction of sp³-hybridized carbons (Fsp3) is 0.381. The lowest BCUT2D eigenvalue weighted by molar-refractivity contribution is 0.102. The number of hydrogen-bond acceptors (Lipinski definition) is 5. The molecule has 0 radical (unpaired) electrons. The van der Waals surface area contributed by atoms with E-state index >= 15 is 0 Å². The summed E-state index contributed by atoms with van der Waals surface area (Å²) >= 11 is 0. The van der Waals surface area contributed by atoms with Crippen LogP contribution in [0.4, 0.5) is 5.69 Å². The molecule has 1 aliphatic rings. The first kappa shape index (κ1) is 23.4. The number of amides is 1. The Bertz CT molecular complexity index is 1170. The van der Waals surface area contributed by atoms with Crippen LogP contribution < -0.4 is 5.32 Å². The average Bonchev–Trinajstić information content (AvgIpc) is 2.74. The van der Waals surface area contributed by atoms with E-state index in [1.807, 2.05) is 0 Å². The Morgan fingerprint density at radius 1 is 0.935 bits per heavy atom. The van der Waals surface area contributed by atoms with Crippen molar-refractivity contribution >= 4 is 31.6 Å². The molecule has 0 aromatic heterocycles. The van der Waals surface area contributed by atoms with Gasteiger partial charge in [-0.1, -0.05) is 12.5 Å². The van der Waals surface area contributed by atoms with Gasteiger partial charge in [0.25, 0.3) is 5.91 Å². The molecule has 1 amide bonds. The Morgan fingerprint density at radius 2 is 1.55 bits per heavy atom. The first-order valence-corrected chi connectivity index (χ1v) is 12.9. The zero-order valence-electron chi connectivity index (χ0n) is 17.8. The van der Waals surface area contributed by atoms with Gasteiger partial charge in [0.2, 0.25) is 20.0 Å². The van der Waals surface area contributed by atoms with Crippen LogP contribution in [0.5, 0.6) is 0 Å². The van der Waals surface area contributed by atoms with Gasteiger partial charge in [-0.05, 0) is 61.7 Å². The summed E-state index contributed by atoms with van der Waals surface area (Å²) in [6, 6.07) is 10.4. The number of anilines is 1. The first-order valence-electron chi connectivity index (χ1n) is 9.98. The first-order chi connectivity index (χ1) is 14.5. The molecule has 1 N–H and O–H groups in total. The van der Waals surface area contributed by atoms with Crippen LogP contribution in [-0.2, 0) is 20.0 Å². The zero-order valence-corrected chi connectivity index (χ0v) is 19.5. The lowest BCUT2D eigenvalue weighted by Crippen LogP contribution is -2.36. The standard InChI is InChI=1S/C21H27N3O5S2/c1-16-7-8-17(15-20(16)31(28,29)24-13-5-4-6-14-24)21(25)22-18-9-11-19(12-10-18)30(26,27)23(2)3/h7-12,15H,4-6,13-14H2,1-3H3,(H,22,25). The molecule has 0 bridgehead atoms. The predicted octanol–water partition coefficient (Wildman–Crippen LogP) is 2.67. The van der Waals surface area contributed by atoms with Crippen molar-refractivity contribution in [3.8, 4) is 0 Å². The largest absolute Gasteiger partial charge is 0.322 e. The van der Waals surface area contributed by atoms with Crippen LogP contribution >= 0.6 is 0 Å². The van der Waals surface area contributed by atoms with Crippen LogP contribution in [0.1, 0.15) is 35.2 Å². The second-order valence-corrected chi connectivity index (χ2v) is 11.8. The molecule has 1 fully saturated rings. The van der Waals surface area contributed by atoms with E-state index in [1.54, 1.807) is 19.1 Å². The number of nitrogens with one attached hydrogen (secondary N) is 1. The highest BCUT2D eigenvalue weighted by molar-refractivity contribution is 7.89. The summed E-state index contributed by atoms with van der Waals surface area (Å²) < 4.78 is 53.0. The maximum atomic E-state index is 13.1. The van der Waals surface area contributed by atoms with Gasteiger partial charge < -0.3 is 5.32 Å². The fourth-order valence-corrected chi connectivity index (χ4v) is 6.06. The van der Waals surface area contributed by atoms with Gasteiger partial charge in [0.15, 0.2) is 0 Å². The van der Waals surface area contributed by atoms with E-state index in [-0.39, 0.29) is 15.4 Å². The van der Waals surface area contributed by atoms with Crippen LogP contribution in [0.25, 0.3) is 0 Å². The minimum Gasteiger partial charge on any atom is -0.322 e. The van der Waals surface area contributed by atoms with Crippen molar-refractivity contribution in [1.29, 1.82) is 0 Å². The third-order valence-electron chi connectivity index (χ3n) is 5.27. The van der Waals surface area contributed by atoms with Crippen LogP contribution in [0.2, 0.25) is 0 Å².